The summed E-state index contributed by atoms with van der Waals surface area (Å²) in [4.78, 5) is 50.4. The van der Waals surface area contributed by atoms with Crippen molar-refractivity contribution in [2.24, 2.45) is 5.92 Å². The number of carbonyl (C=O) groups excluding carboxylic acids is 4. The third-order valence-corrected chi connectivity index (χ3v) is 6.10. The first-order valence-electron chi connectivity index (χ1n) is 8.70. The zero-order valence-corrected chi connectivity index (χ0v) is 16.4. The van der Waals surface area contributed by atoms with Crippen molar-refractivity contribution in [3.05, 3.63) is 59.7 Å². The van der Waals surface area contributed by atoms with Gasteiger partial charge in [0.1, 0.15) is 0 Å². The lowest BCUT2D eigenvalue weighted by Gasteiger charge is -2.21. The first-order chi connectivity index (χ1) is 13.7. The van der Waals surface area contributed by atoms with Crippen LogP contribution in [0.4, 0.5) is 5.69 Å². The van der Waals surface area contributed by atoms with Gasteiger partial charge >= 0.3 is 11.9 Å². The van der Waals surface area contributed by atoms with Gasteiger partial charge in [-0.25, -0.2) is 8.42 Å². The maximum absolute atomic E-state index is 13.2. The van der Waals surface area contributed by atoms with Crippen LogP contribution in [0.15, 0.2) is 53.4 Å². The van der Waals surface area contributed by atoms with E-state index >= 15 is 0 Å². The molecule has 0 aliphatic carbocycles. The Labute approximate surface area is 167 Å². The van der Waals surface area contributed by atoms with E-state index in [1.165, 1.54) is 55.5 Å². The summed E-state index contributed by atoms with van der Waals surface area (Å²) >= 11 is 0. The Kier molecular flexibility index (Phi) is 5.34. The molecule has 3 rings (SSSR count). The summed E-state index contributed by atoms with van der Waals surface area (Å²) in [5, 5.41) is 0. The van der Waals surface area contributed by atoms with Gasteiger partial charge in [0.2, 0.25) is 5.78 Å². The van der Waals surface area contributed by atoms with Crippen LogP contribution in [0.2, 0.25) is 0 Å². The van der Waals surface area contributed by atoms with Gasteiger partial charge < -0.3 is 4.74 Å². The van der Waals surface area contributed by atoms with Gasteiger partial charge in [-0.15, -0.1) is 0 Å². The SMILES string of the molecule is CCOC(=O)C1C(=O)C(=O)N(S(=O)(=O)c2ccc(C)cc2)c2ccccc2C1=O. The molecule has 9 heteroatoms. The van der Waals surface area contributed by atoms with Gasteiger partial charge in [0.15, 0.2) is 11.7 Å². The Balaban J connectivity index is 2.23. The van der Waals surface area contributed by atoms with Crippen molar-refractivity contribution in [2.75, 3.05) is 10.9 Å². The molecule has 29 heavy (non-hydrogen) atoms. The molecule has 0 radical (unpaired) electrons. The molecule has 2 aromatic rings. The van der Waals surface area contributed by atoms with E-state index in [1.807, 2.05) is 0 Å². The number of ketones is 2. The van der Waals surface area contributed by atoms with Crippen molar-refractivity contribution >= 4 is 39.2 Å². The predicted octanol–water partition coefficient (Wildman–Crippen LogP) is 1.66. The second-order valence-corrected chi connectivity index (χ2v) is 8.11. The number of anilines is 1. The molecule has 1 atom stereocenters. The fourth-order valence-electron chi connectivity index (χ4n) is 2.96. The lowest BCUT2D eigenvalue weighted by Crippen LogP contribution is -2.44. The number of nitrogens with zero attached hydrogens (tertiary/aromatic N) is 1. The predicted molar refractivity (Wildman–Crippen MR) is 102 cm³/mol. The van der Waals surface area contributed by atoms with Gasteiger partial charge in [-0.2, -0.15) is 4.31 Å². The Morgan fingerprint density at radius 3 is 2.24 bits per heavy atom. The molecular formula is C20H17NO7S. The van der Waals surface area contributed by atoms with Crippen LogP contribution < -0.4 is 4.31 Å². The zero-order valence-electron chi connectivity index (χ0n) is 15.6. The highest BCUT2D eigenvalue weighted by Gasteiger charge is 2.49. The molecule has 0 bridgehead atoms. The van der Waals surface area contributed by atoms with E-state index < -0.39 is 39.4 Å². The van der Waals surface area contributed by atoms with Crippen LogP contribution >= 0.6 is 0 Å². The lowest BCUT2D eigenvalue weighted by molar-refractivity contribution is -0.151. The molecule has 1 aliphatic rings. The smallest absolute Gasteiger partial charge is 0.325 e. The van der Waals surface area contributed by atoms with Gasteiger partial charge in [0.05, 0.1) is 17.2 Å². The molecule has 0 N–H and O–H groups in total. The van der Waals surface area contributed by atoms with E-state index in [4.69, 9.17) is 4.74 Å². The van der Waals surface area contributed by atoms with Crippen LogP contribution in [0.5, 0.6) is 0 Å². The maximum atomic E-state index is 13.2. The molecule has 0 fully saturated rings. The minimum atomic E-state index is -4.52. The van der Waals surface area contributed by atoms with Gasteiger partial charge in [0, 0.05) is 5.56 Å². The van der Waals surface area contributed by atoms with Crippen LogP contribution in [-0.4, -0.2) is 38.5 Å². The van der Waals surface area contributed by atoms with Crippen LogP contribution in [0.3, 0.4) is 0 Å². The number of para-hydroxylation sites is 1. The number of sulfonamides is 1. The maximum Gasteiger partial charge on any atom is 0.325 e. The highest BCUT2D eigenvalue weighted by Crippen LogP contribution is 2.33. The Hall–Kier alpha value is -3.33. The lowest BCUT2D eigenvalue weighted by atomic mass is 9.94. The third kappa shape index (κ3) is 3.44. The summed E-state index contributed by atoms with van der Waals surface area (Å²) < 4.78 is 31.5. The van der Waals surface area contributed by atoms with Gasteiger partial charge in [-0.3, -0.25) is 19.2 Å². The second-order valence-electron chi connectivity index (χ2n) is 6.32. The largest absolute Gasteiger partial charge is 0.465 e. The number of fused-ring (bicyclic) bond motifs is 1. The molecule has 0 saturated heterocycles. The van der Waals surface area contributed by atoms with Crippen molar-refractivity contribution in [3.8, 4) is 0 Å². The number of rotatable bonds is 4. The molecule has 0 spiro atoms. The number of hydrogen-bond acceptors (Lipinski definition) is 7. The summed E-state index contributed by atoms with van der Waals surface area (Å²) in [7, 11) is -4.52. The summed E-state index contributed by atoms with van der Waals surface area (Å²) in [5.41, 5.74) is 0.267. The quantitative estimate of drug-likeness (QED) is 0.424. The van der Waals surface area contributed by atoms with Crippen LogP contribution in [0, 0.1) is 12.8 Å². The molecule has 1 aliphatic heterocycles. The van der Waals surface area contributed by atoms with Gasteiger partial charge in [-0.1, -0.05) is 29.8 Å². The monoisotopic (exact) mass is 415 g/mol. The van der Waals surface area contributed by atoms with E-state index in [2.05, 4.69) is 0 Å². The van der Waals surface area contributed by atoms with Gasteiger partial charge in [-0.05, 0) is 38.1 Å². The number of aryl methyl sites for hydroxylation is 1. The first-order valence-corrected chi connectivity index (χ1v) is 10.1. The van der Waals surface area contributed by atoms with Crippen molar-refractivity contribution < 1.29 is 32.3 Å². The number of ether oxygens (including phenoxy) is 1. The van der Waals surface area contributed by atoms with Crippen molar-refractivity contribution in [2.45, 2.75) is 18.7 Å². The Morgan fingerprint density at radius 1 is 1.00 bits per heavy atom. The average Bonchev–Trinajstić information content (AvgIpc) is 2.76. The number of hydrogen-bond donors (Lipinski definition) is 0. The van der Waals surface area contributed by atoms with Crippen molar-refractivity contribution in [3.63, 3.8) is 0 Å². The molecule has 1 heterocycles. The number of amides is 1. The molecule has 1 amide bonds. The standard InChI is InChI=1S/C20H17NO7S/c1-3-28-20(25)16-17(22)14-6-4-5-7-15(14)21(19(24)18(16)23)29(26,27)13-10-8-12(2)9-11-13/h4-11,16H,3H2,1-2H3. The van der Waals surface area contributed by atoms with E-state index in [1.54, 1.807) is 6.92 Å². The van der Waals surface area contributed by atoms with Gasteiger partial charge in [0.25, 0.3) is 10.0 Å². The fourth-order valence-corrected chi connectivity index (χ4v) is 4.38. The Morgan fingerprint density at radius 2 is 1.62 bits per heavy atom. The minimum absolute atomic E-state index is 0.114. The summed E-state index contributed by atoms with van der Waals surface area (Å²) in [6, 6.07) is 11.0. The summed E-state index contributed by atoms with van der Waals surface area (Å²) in [6.07, 6.45) is 0. The second kappa shape index (κ2) is 7.59. The number of Topliss-reactive ketones (excluding diaryl/α,β-unsaturated/α-hetero) is 2. The Bertz CT molecular complexity index is 1120. The van der Waals surface area contributed by atoms with E-state index in [9.17, 15) is 27.6 Å². The topological polar surface area (TPSA) is 115 Å². The van der Waals surface area contributed by atoms with E-state index in [0.29, 0.717) is 0 Å². The summed E-state index contributed by atoms with van der Waals surface area (Å²) in [6.45, 7) is 3.12. The summed E-state index contributed by atoms with van der Waals surface area (Å²) in [5.74, 6) is -7.19. The molecule has 8 nitrogen and oxygen atoms in total. The minimum Gasteiger partial charge on any atom is -0.465 e. The van der Waals surface area contributed by atoms with Crippen molar-refractivity contribution in [1.29, 1.82) is 0 Å². The number of esters is 1. The van der Waals surface area contributed by atoms with E-state index in [-0.39, 0.29) is 27.1 Å². The normalized spacial score (nSPS) is 17.0. The molecule has 2 aromatic carbocycles. The fraction of sp³-hybridized carbons (Fsp3) is 0.200. The molecule has 1 unspecified atom stereocenters. The molecular weight excluding hydrogens is 398 g/mol. The van der Waals surface area contributed by atoms with Crippen molar-refractivity contribution in [1.82, 2.24) is 0 Å². The highest BCUT2D eigenvalue weighted by atomic mass is 32.2. The van der Waals surface area contributed by atoms with Crippen LogP contribution in [-0.2, 0) is 29.1 Å². The molecule has 0 aromatic heterocycles. The molecule has 0 saturated carbocycles. The van der Waals surface area contributed by atoms with Crippen LogP contribution in [0.25, 0.3) is 0 Å². The van der Waals surface area contributed by atoms with Crippen LogP contribution in [0.1, 0.15) is 22.8 Å². The number of carbonyl (C=O) groups is 4. The highest BCUT2D eigenvalue weighted by molar-refractivity contribution is 7.93. The first kappa shape index (κ1) is 20.4. The average molecular weight is 415 g/mol. The third-order valence-electron chi connectivity index (χ3n) is 4.39. The zero-order chi connectivity index (χ0) is 21.3. The van der Waals surface area contributed by atoms with E-state index in [0.717, 1.165) is 5.56 Å². The number of benzene rings is 2. The molecule has 150 valence electrons.